The fourth-order valence-corrected chi connectivity index (χ4v) is 3.67. The van der Waals surface area contributed by atoms with Gasteiger partial charge >= 0.3 is 0 Å². The van der Waals surface area contributed by atoms with Crippen LogP contribution in [0.1, 0.15) is 6.42 Å². The van der Waals surface area contributed by atoms with E-state index in [1.165, 1.54) is 0 Å². The molecule has 0 aromatic carbocycles. The van der Waals surface area contributed by atoms with Crippen LogP contribution in [0.3, 0.4) is 0 Å². The molecule has 0 aliphatic carbocycles. The summed E-state index contributed by atoms with van der Waals surface area (Å²) < 4.78 is 0. The van der Waals surface area contributed by atoms with Crippen LogP contribution in [0.25, 0.3) is 10.2 Å². The predicted molar refractivity (Wildman–Crippen MR) is 87.3 cm³/mol. The second-order valence-electron chi connectivity index (χ2n) is 5.72. The number of aliphatic hydroxyl groups is 1. The highest BCUT2D eigenvalue weighted by Gasteiger charge is 2.33. The third kappa shape index (κ3) is 2.81. The van der Waals surface area contributed by atoms with E-state index in [0.717, 1.165) is 29.0 Å². The number of β-amino-alcohol motifs (C(OH)–C–C–N with tert-alkyl or cyclic N) is 1. The quantitative estimate of drug-likeness (QED) is 0.886. The molecule has 2 unspecified atom stereocenters. The molecule has 2 aromatic heterocycles. The predicted octanol–water partition coefficient (Wildman–Crippen LogP) is 1.23. The number of hydrogen-bond donors (Lipinski definition) is 2. The molecule has 3 rings (SSSR count). The molecule has 0 radical (unpaired) electrons. The van der Waals surface area contributed by atoms with Crippen molar-refractivity contribution in [1.29, 1.82) is 0 Å². The normalized spacial score (nSPS) is 22.4. The molecule has 0 spiro atoms. The zero-order chi connectivity index (χ0) is 15.0. The smallest absolute Gasteiger partial charge is 0.225 e. The van der Waals surface area contributed by atoms with Gasteiger partial charge in [0, 0.05) is 26.2 Å². The highest BCUT2D eigenvalue weighted by molar-refractivity contribution is 7.16. The number of aromatic nitrogens is 2. The lowest BCUT2D eigenvalue weighted by molar-refractivity contribution is 0.191. The zero-order valence-electron chi connectivity index (χ0n) is 12.6. The summed E-state index contributed by atoms with van der Waals surface area (Å²) in [6.07, 6.45) is 0.486. The van der Waals surface area contributed by atoms with Crippen molar-refractivity contribution in [2.75, 3.05) is 44.4 Å². The van der Waals surface area contributed by atoms with Gasteiger partial charge in [0.05, 0.1) is 11.5 Å². The Bertz CT molecular complexity index is 629. The van der Waals surface area contributed by atoms with Crippen molar-refractivity contribution in [3.8, 4) is 0 Å². The van der Waals surface area contributed by atoms with Crippen LogP contribution >= 0.6 is 11.3 Å². The van der Waals surface area contributed by atoms with Crippen molar-refractivity contribution in [3.63, 3.8) is 0 Å². The van der Waals surface area contributed by atoms with Gasteiger partial charge in [0.1, 0.15) is 10.6 Å². The van der Waals surface area contributed by atoms with Crippen molar-refractivity contribution >= 4 is 33.3 Å². The molecule has 0 saturated carbocycles. The summed E-state index contributed by atoms with van der Waals surface area (Å²) in [7, 11) is 5.94. The monoisotopic (exact) mass is 307 g/mol. The minimum atomic E-state index is -0.295. The van der Waals surface area contributed by atoms with Crippen LogP contribution in [0, 0.1) is 0 Å². The van der Waals surface area contributed by atoms with Gasteiger partial charge in [-0.1, -0.05) is 0 Å². The highest BCUT2D eigenvalue weighted by Crippen LogP contribution is 2.33. The number of nitrogens with one attached hydrogen (secondary N) is 1. The first-order chi connectivity index (χ1) is 10.1. The number of nitrogens with zero attached hydrogens (tertiary/aromatic N) is 4. The van der Waals surface area contributed by atoms with Crippen molar-refractivity contribution in [2.24, 2.45) is 0 Å². The Morgan fingerprint density at radius 2 is 2.29 bits per heavy atom. The Hall–Kier alpha value is -1.44. The van der Waals surface area contributed by atoms with Crippen LogP contribution in [0.4, 0.5) is 11.8 Å². The second kappa shape index (κ2) is 5.75. The molecule has 1 aliphatic heterocycles. The zero-order valence-corrected chi connectivity index (χ0v) is 13.4. The van der Waals surface area contributed by atoms with Crippen LogP contribution in [-0.4, -0.2) is 66.4 Å². The second-order valence-corrected chi connectivity index (χ2v) is 6.61. The Labute approximate surface area is 128 Å². The maximum absolute atomic E-state index is 10.1. The van der Waals surface area contributed by atoms with Crippen LogP contribution in [0.15, 0.2) is 11.4 Å². The standard InChI is InChI=1S/C14H21N5OS/c1-15-14-16-12(11-4-5-21-13(11)17-14)19-8-10(20)6-9(19)7-18(2)3/h4-5,9-10,20H,6-8H2,1-3H3,(H,15,16,17). The molecule has 2 aromatic rings. The van der Waals surface area contributed by atoms with Gasteiger partial charge in [-0.3, -0.25) is 0 Å². The first-order valence-electron chi connectivity index (χ1n) is 7.11. The van der Waals surface area contributed by atoms with Gasteiger partial charge in [0.15, 0.2) is 0 Å². The lowest BCUT2D eigenvalue weighted by atomic mass is 10.2. The summed E-state index contributed by atoms with van der Waals surface area (Å²) in [5.41, 5.74) is 0. The Kier molecular flexibility index (Phi) is 3.97. The van der Waals surface area contributed by atoms with E-state index in [0.29, 0.717) is 12.5 Å². The largest absolute Gasteiger partial charge is 0.391 e. The number of aliphatic hydroxyl groups excluding tert-OH is 1. The van der Waals surface area contributed by atoms with Crippen LogP contribution in [-0.2, 0) is 0 Å². The number of fused-ring (bicyclic) bond motifs is 1. The average molecular weight is 307 g/mol. The van der Waals surface area contributed by atoms with Crippen molar-refractivity contribution < 1.29 is 5.11 Å². The molecular weight excluding hydrogens is 286 g/mol. The number of anilines is 2. The lowest BCUT2D eigenvalue weighted by Crippen LogP contribution is -2.38. The van der Waals surface area contributed by atoms with E-state index in [9.17, 15) is 5.11 Å². The van der Waals surface area contributed by atoms with Gasteiger partial charge in [-0.15, -0.1) is 11.3 Å². The molecule has 6 nitrogen and oxygen atoms in total. The van der Waals surface area contributed by atoms with Gasteiger partial charge < -0.3 is 20.2 Å². The fraction of sp³-hybridized carbons (Fsp3) is 0.571. The summed E-state index contributed by atoms with van der Waals surface area (Å²) >= 11 is 1.62. The SMILES string of the molecule is CNc1nc(N2CC(O)CC2CN(C)C)c2ccsc2n1. The third-order valence-corrected chi connectivity index (χ3v) is 4.58. The topological polar surface area (TPSA) is 64.5 Å². The molecule has 1 aliphatic rings. The number of likely N-dealkylation sites (N-methyl/N-ethyl adjacent to an activating group) is 1. The summed E-state index contributed by atoms with van der Waals surface area (Å²) in [5, 5.41) is 16.2. The highest BCUT2D eigenvalue weighted by atomic mass is 32.1. The van der Waals surface area contributed by atoms with Crippen molar-refractivity contribution in [1.82, 2.24) is 14.9 Å². The molecule has 3 heterocycles. The van der Waals surface area contributed by atoms with E-state index in [1.54, 1.807) is 11.3 Å². The van der Waals surface area contributed by atoms with E-state index in [2.05, 4.69) is 45.2 Å². The number of thiophene rings is 1. The fourth-order valence-electron chi connectivity index (χ4n) is 2.92. The number of hydrogen-bond acceptors (Lipinski definition) is 7. The molecule has 2 atom stereocenters. The van der Waals surface area contributed by atoms with Gasteiger partial charge in [0.25, 0.3) is 0 Å². The number of rotatable bonds is 4. The van der Waals surface area contributed by atoms with Gasteiger partial charge in [-0.25, -0.2) is 4.98 Å². The van der Waals surface area contributed by atoms with Gasteiger partial charge in [-0.05, 0) is 32.0 Å². The molecule has 0 amide bonds. The average Bonchev–Trinajstić information content (AvgIpc) is 3.03. The minimum Gasteiger partial charge on any atom is -0.391 e. The van der Waals surface area contributed by atoms with E-state index < -0.39 is 0 Å². The summed E-state index contributed by atoms with van der Waals surface area (Å²) in [5.74, 6) is 1.55. The van der Waals surface area contributed by atoms with Crippen LogP contribution in [0.5, 0.6) is 0 Å². The third-order valence-electron chi connectivity index (χ3n) is 3.77. The van der Waals surface area contributed by atoms with E-state index in [1.807, 2.05) is 12.4 Å². The molecule has 2 N–H and O–H groups in total. The summed E-state index contributed by atoms with van der Waals surface area (Å²) in [6, 6.07) is 2.34. The molecule has 21 heavy (non-hydrogen) atoms. The summed E-state index contributed by atoms with van der Waals surface area (Å²) in [4.78, 5) is 14.5. The molecule has 7 heteroatoms. The minimum absolute atomic E-state index is 0.276. The van der Waals surface area contributed by atoms with E-state index in [4.69, 9.17) is 0 Å². The van der Waals surface area contributed by atoms with Crippen LogP contribution in [0.2, 0.25) is 0 Å². The lowest BCUT2D eigenvalue weighted by Gasteiger charge is -2.28. The van der Waals surface area contributed by atoms with E-state index in [-0.39, 0.29) is 12.1 Å². The Morgan fingerprint density at radius 3 is 3.00 bits per heavy atom. The molecule has 1 fully saturated rings. The van der Waals surface area contributed by atoms with Crippen LogP contribution < -0.4 is 10.2 Å². The van der Waals surface area contributed by atoms with Gasteiger partial charge in [0.2, 0.25) is 5.95 Å². The first-order valence-corrected chi connectivity index (χ1v) is 7.99. The molecule has 0 bridgehead atoms. The molecule has 1 saturated heterocycles. The Balaban J connectivity index is 2.03. The van der Waals surface area contributed by atoms with Gasteiger partial charge in [-0.2, -0.15) is 4.98 Å². The van der Waals surface area contributed by atoms with Crippen molar-refractivity contribution in [2.45, 2.75) is 18.6 Å². The first kappa shape index (κ1) is 14.5. The molecule has 114 valence electrons. The molecular formula is C14H21N5OS. The maximum Gasteiger partial charge on any atom is 0.225 e. The summed E-state index contributed by atoms with van der Waals surface area (Å²) in [6.45, 7) is 1.53. The van der Waals surface area contributed by atoms with E-state index >= 15 is 0 Å². The maximum atomic E-state index is 10.1. The Morgan fingerprint density at radius 1 is 1.48 bits per heavy atom. The van der Waals surface area contributed by atoms with Crippen molar-refractivity contribution in [3.05, 3.63) is 11.4 Å².